The molecule has 4 aromatic rings. The highest BCUT2D eigenvalue weighted by Crippen LogP contribution is 2.18. The second kappa shape index (κ2) is 6.87. The molecule has 0 aliphatic carbocycles. The zero-order valence-electron chi connectivity index (χ0n) is 14.2. The molecular weight excluding hydrogens is 346 g/mol. The van der Waals surface area contributed by atoms with Crippen molar-refractivity contribution in [2.24, 2.45) is 0 Å². The van der Waals surface area contributed by atoms with Crippen LogP contribution in [0.4, 0.5) is 0 Å². The summed E-state index contributed by atoms with van der Waals surface area (Å²) in [6.45, 7) is -0.700. The normalized spacial score (nSPS) is 11.0. The molecule has 0 amide bonds. The van der Waals surface area contributed by atoms with Crippen molar-refractivity contribution >= 4 is 33.6 Å². The van der Waals surface area contributed by atoms with Gasteiger partial charge in [-0.15, -0.1) is 0 Å². The molecule has 0 bridgehead atoms. The van der Waals surface area contributed by atoms with Gasteiger partial charge < -0.3 is 9.72 Å². The minimum Gasteiger partial charge on any atom is -0.456 e. The molecule has 0 spiro atoms. The summed E-state index contributed by atoms with van der Waals surface area (Å²) in [6, 6.07) is 14.3. The zero-order chi connectivity index (χ0) is 18.8. The van der Waals surface area contributed by atoms with Crippen LogP contribution >= 0.6 is 0 Å². The van der Waals surface area contributed by atoms with E-state index in [9.17, 15) is 14.4 Å². The van der Waals surface area contributed by atoms with Gasteiger partial charge in [0, 0.05) is 22.7 Å². The Balaban J connectivity index is 1.45. The van der Waals surface area contributed by atoms with E-state index in [-0.39, 0.29) is 17.9 Å². The van der Waals surface area contributed by atoms with Crippen molar-refractivity contribution in [2.75, 3.05) is 6.61 Å². The molecule has 0 saturated heterocycles. The maximum atomic E-state index is 12.4. The minimum atomic E-state index is -0.678. The van der Waals surface area contributed by atoms with E-state index in [2.05, 4.69) is 9.97 Å². The number of aromatic amines is 1. The first kappa shape index (κ1) is 16.7. The number of carbonyl (C=O) groups is 2. The lowest BCUT2D eigenvalue weighted by atomic mass is 10.1. The highest BCUT2D eigenvalue weighted by atomic mass is 16.5. The number of ether oxygens (including phenoxy) is 1. The molecule has 0 unspecified atom stereocenters. The number of esters is 1. The lowest BCUT2D eigenvalue weighted by molar-refractivity contribution is -0.143. The van der Waals surface area contributed by atoms with Crippen LogP contribution in [-0.2, 0) is 16.1 Å². The van der Waals surface area contributed by atoms with Gasteiger partial charge in [-0.25, -0.2) is 4.98 Å². The fourth-order valence-corrected chi connectivity index (χ4v) is 2.93. The van der Waals surface area contributed by atoms with Gasteiger partial charge in [0.05, 0.1) is 17.2 Å². The number of carbonyl (C=O) groups excluding carboxylic acids is 2. The van der Waals surface area contributed by atoms with E-state index in [0.29, 0.717) is 16.5 Å². The number of Topliss-reactive ketones (excluding diaryl/α,β-unsaturated/α-hetero) is 1. The van der Waals surface area contributed by atoms with Crippen LogP contribution in [0.1, 0.15) is 10.4 Å². The van der Waals surface area contributed by atoms with Gasteiger partial charge in [-0.3, -0.25) is 19.0 Å². The minimum absolute atomic E-state index is 0.308. The molecule has 2 aromatic carbocycles. The SMILES string of the molecule is O=C(Cn1cnc2ccccc2c1=O)OCC(=O)c1c[nH]c2ccccc12. The quantitative estimate of drug-likeness (QED) is 0.435. The average molecular weight is 361 g/mol. The van der Waals surface area contributed by atoms with Crippen LogP contribution < -0.4 is 5.56 Å². The van der Waals surface area contributed by atoms with Crippen molar-refractivity contribution in [3.63, 3.8) is 0 Å². The van der Waals surface area contributed by atoms with E-state index in [1.807, 2.05) is 24.3 Å². The fourth-order valence-electron chi connectivity index (χ4n) is 2.93. The van der Waals surface area contributed by atoms with Gasteiger partial charge in [0.25, 0.3) is 5.56 Å². The Hall–Kier alpha value is -3.74. The molecule has 27 heavy (non-hydrogen) atoms. The third kappa shape index (κ3) is 3.22. The van der Waals surface area contributed by atoms with Crippen LogP contribution in [0.3, 0.4) is 0 Å². The van der Waals surface area contributed by atoms with Gasteiger partial charge in [-0.2, -0.15) is 0 Å². The number of fused-ring (bicyclic) bond motifs is 2. The smallest absolute Gasteiger partial charge is 0.326 e. The number of benzene rings is 2. The molecule has 1 N–H and O–H groups in total. The lowest BCUT2D eigenvalue weighted by Crippen LogP contribution is -2.26. The third-order valence-corrected chi connectivity index (χ3v) is 4.28. The topological polar surface area (TPSA) is 94.0 Å². The van der Waals surface area contributed by atoms with Gasteiger partial charge >= 0.3 is 5.97 Å². The Morgan fingerprint density at radius 3 is 2.63 bits per heavy atom. The molecule has 7 heteroatoms. The van der Waals surface area contributed by atoms with Gasteiger partial charge in [-0.05, 0) is 18.2 Å². The Morgan fingerprint density at radius 2 is 1.78 bits per heavy atom. The van der Waals surface area contributed by atoms with Crippen LogP contribution in [0.15, 0.2) is 65.8 Å². The summed E-state index contributed by atoms with van der Waals surface area (Å²) in [5.74, 6) is -0.993. The Morgan fingerprint density at radius 1 is 1.04 bits per heavy atom. The molecule has 2 heterocycles. The maximum Gasteiger partial charge on any atom is 0.326 e. The standard InChI is InChI=1S/C20H15N3O4/c24-18(15-9-21-16-7-3-1-5-13(15)16)11-27-19(25)10-23-12-22-17-8-4-2-6-14(17)20(23)26/h1-9,12,21H,10-11H2. The highest BCUT2D eigenvalue weighted by Gasteiger charge is 2.15. The molecule has 0 atom stereocenters. The van der Waals surface area contributed by atoms with E-state index in [1.54, 1.807) is 30.5 Å². The maximum absolute atomic E-state index is 12.4. The van der Waals surface area contributed by atoms with Crippen molar-refractivity contribution in [1.82, 2.24) is 14.5 Å². The highest BCUT2D eigenvalue weighted by molar-refractivity contribution is 6.08. The van der Waals surface area contributed by atoms with Crippen molar-refractivity contribution in [1.29, 1.82) is 0 Å². The first-order valence-electron chi connectivity index (χ1n) is 8.32. The number of nitrogens with zero attached hydrogens (tertiary/aromatic N) is 2. The fraction of sp³-hybridized carbons (Fsp3) is 0.100. The summed E-state index contributed by atoms with van der Waals surface area (Å²) in [5.41, 5.74) is 1.52. The van der Waals surface area contributed by atoms with Gasteiger partial charge in [0.2, 0.25) is 5.78 Å². The van der Waals surface area contributed by atoms with Crippen molar-refractivity contribution < 1.29 is 14.3 Å². The molecule has 0 fully saturated rings. The Kier molecular flexibility index (Phi) is 4.25. The van der Waals surface area contributed by atoms with Crippen LogP contribution in [0.25, 0.3) is 21.8 Å². The summed E-state index contributed by atoms with van der Waals surface area (Å²) in [6.07, 6.45) is 2.89. The van der Waals surface area contributed by atoms with E-state index in [0.717, 1.165) is 10.9 Å². The van der Waals surface area contributed by atoms with E-state index in [4.69, 9.17) is 4.74 Å². The Bertz CT molecular complexity index is 1220. The number of para-hydroxylation sites is 2. The van der Waals surface area contributed by atoms with Gasteiger partial charge in [-0.1, -0.05) is 30.3 Å². The summed E-state index contributed by atoms with van der Waals surface area (Å²) in [5, 5.41) is 1.19. The number of nitrogens with one attached hydrogen (secondary N) is 1. The largest absolute Gasteiger partial charge is 0.456 e. The van der Waals surface area contributed by atoms with E-state index >= 15 is 0 Å². The first-order valence-corrected chi connectivity index (χ1v) is 8.32. The molecular formula is C20H15N3O4. The molecule has 4 rings (SSSR count). The summed E-state index contributed by atoms with van der Waals surface area (Å²) in [7, 11) is 0. The lowest BCUT2D eigenvalue weighted by Gasteiger charge is -2.07. The molecule has 2 aromatic heterocycles. The second-order valence-electron chi connectivity index (χ2n) is 6.03. The Labute approximate surface area is 153 Å². The first-order chi connectivity index (χ1) is 13.1. The monoisotopic (exact) mass is 361 g/mol. The summed E-state index contributed by atoms with van der Waals surface area (Å²) in [4.78, 5) is 43.9. The van der Waals surface area contributed by atoms with E-state index < -0.39 is 12.6 Å². The van der Waals surface area contributed by atoms with Crippen LogP contribution in [0.2, 0.25) is 0 Å². The predicted octanol–water partition coefficient (Wildman–Crippen LogP) is 2.30. The molecule has 0 radical (unpaired) electrons. The molecule has 0 aliphatic rings. The van der Waals surface area contributed by atoms with Crippen molar-refractivity contribution in [2.45, 2.75) is 6.54 Å². The summed E-state index contributed by atoms with van der Waals surface area (Å²) >= 11 is 0. The van der Waals surface area contributed by atoms with E-state index in [1.165, 1.54) is 10.9 Å². The molecule has 134 valence electrons. The van der Waals surface area contributed by atoms with Crippen molar-refractivity contribution in [3.05, 3.63) is 77.0 Å². The predicted molar refractivity (Wildman–Crippen MR) is 99.6 cm³/mol. The van der Waals surface area contributed by atoms with Crippen LogP contribution in [0.5, 0.6) is 0 Å². The number of aromatic nitrogens is 3. The third-order valence-electron chi connectivity index (χ3n) is 4.28. The number of hydrogen-bond donors (Lipinski definition) is 1. The molecule has 0 aliphatic heterocycles. The molecule has 7 nitrogen and oxygen atoms in total. The molecule has 0 saturated carbocycles. The number of H-pyrrole nitrogens is 1. The van der Waals surface area contributed by atoms with Crippen molar-refractivity contribution in [3.8, 4) is 0 Å². The van der Waals surface area contributed by atoms with Crippen LogP contribution in [0, 0.1) is 0 Å². The number of hydrogen-bond acceptors (Lipinski definition) is 5. The van der Waals surface area contributed by atoms with Crippen LogP contribution in [-0.4, -0.2) is 32.9 Å². The zero-order valence-corrected chi connectivity index (χ0v) is 14.2. The van der Waals surface area contributed by atoms with Gasteiger partial charge in [0.15, 0.2) is 6.61 Å². The number of ketones is 1. The van der Waals surface area contributed by atoms with Gasteiger partial charge in [0.1, 0.15) is 6.54 Å². The summed E-state index contributed by atoms with van der Waals surface area (Å²) < 4.78 is 6.23. The second-order valence-corrected chi connectivity index (χ2v) is 6.03. The average Bonchev–Trinajstić information content (AvgIpc) is 3.13. The number of rotatable bonds is 5.